The highest BCUT2D eigenvalue weighted by atomic mass is 16.5. The topological polar surface area (TPSA) is 124 Å². The van der Waals surface area contributed by atoms with Crippen molar-refractivity contribution in [1.82, 2.24) is 18.7 Å². The van der Waals surface area contributed by atoms with E-state index in [4.69, 9.17) is 15.5 Å². The smallest absolute Gasteiger partial charge is 0.337 e. The zero-order valence-electron chi connectivity index (χ0n) is 21.9. The zero-order chi connectivity index (χ0) is 27.5. The average molecular weight is 524 g/mol. The zero-order valence-corrected chi connectivity index (χ0v) is 21.9. The highest BCUT2D eigenvalue weighted by Gasteiger charge is 2.27. The minimum Gasteiger partial charge on any atom is -0.497 e. The summed E-state index contributed by atoms with van der Waals surface area (Å²) in [6.07, 6.45) is 1.81. The van der Waals surface area contributed by atoms with Crippen molar-refractivity contribution >= 4 is 17.1 Å². The summed E-state index contributed by atoms with van der Waals surface area (Å²) in [5.74, 6) is 7.03. The number of fused-ring (bicyclic) bond motifs is 1. The van der Waals surface area contributed by atoms with Crippen molar-refractivity contribution in [3.8, 4) is 29.3 Å². The van der Waals surface area contributed by atoms with Gasteiger partial charge in [-0.05, 0) is 49.6 Å². The van der Waals surface area contributed by atoms with Gasteiger partial charge in [-0.1, -0.05) is 30.2 Å². The van der Waals surface area contributed by atoms with Crippen LogP contribution in [0.25, 0.3) is 16.9 Å². The minimum atomic E-state index is -0.550. The second-order valence-corrected chi connectivity index (χ2v) is 9.42. The summed E-state index contributed by atoms with van der Waals surface area (Å²) in [6.45, 7) is 3.19. The van der Waals surface area contributed by atoms with Gasteiger partial charge < -0.3 is 15.4 Å². The number of hydrogen-bond donors (Lipinski definition) is 1. The summed E-state index contributed by atoms with van der Waals surface area (Å²) < 4.78 is 9.63. The van der Waals surface area contributed by atoms with Crippen LogP contribution in [0, 0.1) is 23.2 Å². The number of anilines is 1. The monoisotopic (exact) mass is 523 g/mol. The van der Waals surface area contributed by atoms with Crippen LogP contribution in [0.15, 0.2) is 58.1 Å². The van der Waals surface area contributed by atoms with Crippen LogP contribution in [0.3, 0.4) is 0 Å². The lowest BCUT2D eigenvalue weighted by Gasteiger charge is -2.31. The summed E-state index contributed by atoms with van der Waals surface area (Å²) in [6, 6.07) is 16.2. The van der Waals surface area contributed by atoms with E-state index in [9.17, 15) is 14.9 Å². The van der Waals surface area contributed by atoms with Gasteiger partial charge in [0.05, 0.1) is 37.5 Å². The Balaban J connectivity index is 1.82. The number of piperidine rings is 1. The van der Waals surface area contributed by atoms with Crippen LogP contribution in [0.1, 0.15) is 30.9 Å². The molecule has 0 bridgehead atoms. The molecule has 3 heterocycles. The fourth-order valence-electron chi connectivity index (χ4n) is 5.01. The number of aromatic nitrogens is 4. The molecule has 0 spiro atoms. The summed E-state index contributed by atoms with van der Waals surface area (Å²) >= 11 is 0. The van der Waals surface area contributed by atoms with Crippen LogP contribution in [0.4, 0.5) is 5.95 Å². The Morgan fingerprint density at radius 1 is 1.15 bits per heavy atom. The molecule has 5 rings (SSSR count). The first-order chi connectivity index (χ1) is 19.0. The summed E-state index contributed by atoms with van der Waals surface area (Å²) in [5, 5.41) is 9.75. The number of rotatable bonds is 6. The Kier molecular flexibility index (Phi) is 7.22. The molecule has 1 aliphatic rings. The number of para-hydroxylation sites is 1. The molecule has 39 heavy (non-hydrogen) atoms. The van der Waals surface area contributed by atoms with Gasteiger partial charge >= 0.3 is 5.69 Å². The van der Waals surface area contributed by atoms with Crippen LogP contribution in [-0.2, 0) is 13.1 Å². The molecule has 1 aliphatic heterocycles. The molecule has 4 aromatic rings. The van der Waals surface area contributed by atoms with Gasteiger partial charge in [-0.3, -0.25) is 13.9 Å². The molecule has 1 fully saturated rings. The number of methoxy groups -OCH3 is 1. The third-order valence-corrected chi connectivity index (χ3v) is 6.95. The van der Waals surface area contributed by atoms with Gasteiger partial charge in [0, 0.05) is 19.1 Å². The molecule has 1 atom stereocenters. The van der Waals surface area contributed by atoms with Crippen molar-refractivity contribution in [2.24, 2.45) is 5.73 Å². The summed E-state index contributed by atoms with van der Waals surface area (Å²) in [5.41, 5.74) is 7.17. The number of benzene rings is 2. The Morgan fingerprint density at radius 3 is 2.64 bits per heavy atom. The van der Waals surface area contributed by atoms with Crippen molar-refractivity contribution in [3.05, 3.63) is 80.5 Å². The van der Waals surface area contributed by atoms with Crippen molar-refractivity contribution in [1.29, 1.82) is 5.26 Å². The van der Waals surface area contributed by atoms with Gasteiger partial charge in [-0.15, -0.1) is 5.92 Å². The van der Waals surface area contributed by atoms with E-state index >= 15 is 0 Å². The second kappa shape index (κ2) is 10.9. The number of ether oxygens (including phenoxy) is 1. The molecule has 198 valence electrons. The molecule has 2 aromatic carbocycles. The van der Waals surface area contributed by atoms with Crippen LogP contribution in [0.5, 0.6) is 5.75 Å². The lowest BCUT2D eigenvalue weighted by molar-refractivity contribution is 0.414. The standard InChI is InChI=1S/C29H29N7O3/c1-3-4-15-34-25-26(32-28(34)33-14-8-9-22(31)19-33)36(23-10-6-5-7-11-23)29(38)35(27(25)37)18-20-12-13-24(39-2)16-21(20)17-30/h5-7,10-13,16,22H,8-9,14-15,18-19,31H2,1-2H3. The molecular weight excluding hydrogens is 494 g/mol. The first-order valence-electron chi connectivity index (χ1n) is 12.8. The van der Waals surface area contributed by atoms with E-state index in [0.29, 0.717) is 35.1 Å². The first kappa shape index (κ1) is 25.8. The Hall–Kier alpha value is -4.80. The van der Waals surface area contributed by atoms with Crippen LogP contribution >= 0.6 is 0 Å². The van der Waals surface area contributed by atoms with Gasteiger partial charge in [-0.2, -0.15) is 10.2 Å². The fraction of sp³-hybridized carbons (Fsp3) is 0.310. The number of nitrogens with zero attached hydrogens (tertiary/aromatic N) is 6. The molecule has 0 radical (unpaired) electrons. The molecule has 0 aliphatic carbocycles. The largest absolute Gasteiger partial charge is 0.497 e. The van der Waals surface area contributed by atoms with Gasteiger partial charge in [0.25, 0.3) is 5.56 Å². The van der Waals surface area contributed by atoms with Gasteiger partial charge in [0.2, 0.25) is 5.95 Å². The van der Waals surface area contributed by atoms with Crippen LogP contribution < -0.4 is 26.6 Å². The van der Waals surface area contributed by atoms with Crippen LogP contribution in [-0.4, -0.2) is 44.9 Å². The van der Waals surface area contributed by atoms with Gasteiger partial charge in [-0.25, -0.2) is 9.36 Å². The maximum atomic E-state index is 14.1. The van der Waals surface area contributed by atoms with Crippen molar-refractivity contribution < 1.29 is 4.74 Å². The molecule has 0 saturated carbocycles. The maximum Gasteiger partial charge on any atom is 0.337 e. The summed E-state index contributed by atoms with van der Waals surface area (Å²) in [7, 11) is 1.51. The third kappa shape index (κ3) is 4.78. The fourth-order valence-corrected chi connectivity index (χ4v) is 5.01. The second-order valence-electron chi connectivity index (χ2n) is 9.42. The summed E-state index contributed by atoms with van der Waals surface area (Å²) in [4.78, 5) is 35.0. The molecule has 1 unspecified atom stereocenters. The van der Waals surface area contributed by atoms with Crippen LogP contribution in [0.2, 0.25) is 0 Å². The number of imidazole rings is 1. The Bertz CT molecular complexity index is 1750. The minimum absolute atomic E-state index is 0.0169. The predicted molar refractivity (Wildman–Crippen MR) is 149 cm³/mol. The highest BCUT2D eigenvalue weighted by molar-refractivity contribution is 5.77. The van der Waals surface area contributed by atoms with Gasteiger partial charge in [0.15, 0.2) is 11.2 Å². The third-order valence-electron chi connectivity index (χ3n) is 6.95. The average Bonchev–Trinajstić information content (AvgIpc) is 3.34. The van der Waals surface area contributed by atoms with E-state index in [1.165, 1.54) is 11.7 Å². The van der Waals surface area contributed by atoms with Crippen molar-refractivity contribution in [3.63, 3.8) is 0 Å². The van der Waals surface area contributed by atoms with E-state index in [0.717, 1.165) is 24.0 Å². The lowest BCUT2D eigenvalue weighted by atomic mass is 10.1. The molecule has 1 saturated heterocycles. The van der Waals surface area contributed by atoms with Crippen molar-refractivity contribution in [2.45, 2.75) is 38.9 Å². The normalized spacial score (nSPS) is 15.0. The van der Waals surface area contributed by atoms with E-state index in [2.05, 4.69) is 22.8 Å². The number of hydrogen-bond acceptors (Lipinski definition) is 7. The quantitative estimate of drug-likeness (QED) is 0.384. The molecule has 2 aromatic heterocycles. The van der Waals surface area contributed by atoms with E-state index in [1.54, 1.807) is 41.8 Å². The molecular formula is C29H29N7O3. The maximum absolute atomic E-state index is 14.1. The Morgan fingerprint density at radius 2 is 1.95 bits per heavy atom. The van der Waals surface area contributed by atoms with E-state index in [1.807, 2.05) is 18.2 Å². The first-order valence-corrected chi connectivity index (χ1v) is 12.8. The highest BCUT2D eigenvalue weighted by Crippen LogP contribution is 2.25. The molecule has 10 heteroatoms. The number of nitrogens with two attached hydrogens (primary N) is 1. The lowest BCUT2D eigenvalue weighted by Crippen LogP contribution is -2.44. The molecule has 2 N–H and O–H groups in total. The number of nitriles is 1. The van der Waals surface area contributed by atoms with E-state index in [-0.39, 0.29) is 30.3 Å². The SMILES string of the molecule is CC#CCn1c(N2CCCC(N)C2)nc2c1c(=O)n(Cc1ccc(OC)cc1C#N)c(=O)n2-c1ccccc1. The van der Waals surface area contributed by atoms with E-state index < -0.39 is 11.2 Å². The Labute approximate surface area is 225 Å². The van der Waals surface area contributed by atoms with Crippen molar-refractivity contribution in [2.75, 3.05) is 25.1 Å². The molecule has 10 nitrogen and oxygen atoms in total. The van der Waals surface area contributed by atoms with Gasteiger partial charge in [0.1, 0.15) is 5.75 Å². The predicted octanol–water partition coefficient (Wildman–Crippen LogP) is 2.23. The molecule has 0 amide bonds.